The molecule has 0 aromatic heterocycles. The van der Waals surface area contributed by atoms with Crippen LogP contribution < -0.4 is 0 Å². The van der Waals surface area contributed by atoms with E-state index in [9.17, 15) is 9.59 Å². The van der Waals surface area contributed by atoms with Crippen molar-refractivity contribution in [1.29, 1.82) is 0 Å². The first-order valence-corrected chi connectivity index (χ1v) is 7.26. The Balaban J connectivity index is 5.12. The first-order valence-electron chi connectivity index (χ1n) is 7.26. The van der Waals surface area contributed by atoms with E-state index in [0.717, 1.165) is 0 Å². The van der Waals surface area contributed by atoms with Gasteiger partial charge in [-0.2, -0.15) is 0 Å². The van der Waals surface area contributed by atoms with Gasteiger partial charge in [0.1, 0.15) is 11.2 Å². The van der Waals surface area contributed by atoms with E-state index in [1.807, 2.05) is 27.7 Å². The van der Waals surface area contributed by atoms with Crippen molar-refractivity contribution in [3.05, 3.63) is 24.3 Å². The molecule has 0 aromatic carbocycles. The Morgan fingerprint density at radius 2 is 1.14 bits per heavy atom. The fourth-order valence-electron chi connectivity index (χ4n) is 1.88. The molecule has 0 rings (SSSR count). The molecule has 0 aliphatic carbocycles. The van der Waals surface area contributed by atoms with Crippen molar-refractivity contribution >= 4 is 11.9 Å². The van der Waals surface area contributed by atoms with Gasteiger partial charge < -0.3 is 9.47 Å². The maximum atomic E-state index is 11.8. The van der Waals surface area contributed by atoms with E-state index >= 15 is 0 Å². The summed E-state index contributed by atoms with van der Waals surface area (Å²) in [5, 5.41) is 0. The minimum absolute atomic E-state index is 0.354. The highest BCUT2D eigenvalue weighted by atomic mass is 16.6. The van der Waals surface area contributed by atoms with E-state index in [4.69, 9.17) is 9.47 Å². The van der Waals surface area contributed by atoms with Crippen LogP contribution in [0.25, 0.3) is 0 Å². The van der Waals surface area contributed by atoms with E-state index < -0.39 is 23.1 Å². The predicted molar refractivity (Wildman–Crippen MR) is 83.8 cm³/mol. The number of rotatable bonds is 8. The quantitative estimate of drug-likeness (QED) is 0.502. The molecule has 4 nitrogen and oxygen atoms in total. The summed E-state index contributed by atoms with van der Waals surface area (Å²) >= 11 is 0. The van der Waals surface area contributed by atoms with E-state index in [0.29, 0.717) is 30.4 Å². The van der Waals surface area contributed by atoms with Crippen LogP contribution in [0, 0.1) is 0 Å². The molecule has 4 heteroatoms. The SMILES string of the molecule is C=C(C)C(=O)OC(C)(CC)CC(C)(CC)OC(=O)C(=C)C. The maximum absolute atomic E-state index is 11.8. The van der Waals surface area contributed by atoms with Gasteiger partial charge in [0.2, 0.25) is 0 Å². The molecule has 0 amide bonds. The maximum Gasteiger partial charge on any atom is 0.333 e. The monoisotopic (exact) mass is 296 g/mol. The second-order valence-corrected chi connectivity index (χ2v) is 6.12. The zero-order valence-electron chi connectivity index (χ0n) is 14.2. The van der Waals surface area contributed by atoms with Crippen molar-refractivity contribution in [2.24, 2.45) is 0 Å². The highest BCUT2D eigenvalue weighted by molar-refractivity contribution is 5.87. The lowest BCUT2D eigenvalue weighted by Gasteiger charge is -2.38. The fraction of sp³-hybridized carbons (Fsp3) is 0.647. The van der Waals surface area contributed by atoms with E-state index in [-0.39, 0.29) is 0 Å². The van der Waals surface area contributed by atoms with Crippen molar-refractivity contribution in [3.8, 4) is 0 Å². The summed E-state index contributed by atoms with van der Waals surface area (Å²) in [6.45, 7) is 18.0. The van der Waals surface area contributed by atoms with Gasteiger partial charge >= 0.3 is 11.9 Å². The van der Waals surface area contributed by atoms with Crippen molar-refractivity contribution < 1.29 is 19.1 Å². The van der Waals surface area contributed by atoms with Gasteiger partial charge in [0, 0.05) is 17.6 Å². The molecule has 0 aliphatic rings. The summed E-state index contributed by atoms with van der Waals surface area (Å²) < 4.78 is 11.1. The van der Waals surface area contributed by atoms with Crippen LogP contribution in [-0.2, 0) is 19.1 Å². The van der Waals surface area contributed by atoms with Gasteiger partial charge in [0.25, 0.3) is 0 Å². The van der Waals surface area contributed by atoms with Crippen LogP contribution in [0.3, 0.4) is 0 Å². The van der Waals surface area contributed by atoms with Gasteiger partial charge in [-0.3, -0.25) is 0 Å². The normalized spacial score (nSPS) is 16.3. The molecule has 0 radical (unpaired) electrons. The lowest BCUT2D eigenvalue weighted by atomic mass is 9.85. The molecule has 0 saturated carbocycles. The Kier molecular flexibility index (Phi) is 6.88. The first kappa shape index (κ1) is 19.4. The number of esters is 2. The van der Waals surface area contributed by atoms with Crippen molar-refractivity contribution in [2.45, 2.75) is 72.0 Å². The highest BCUT2D eigenvalue weighted by Crippen LogP contribution is 2.33. The van der Waals surface area contributed by atoms with E-state index in [2.05, 4.69) is 13.2 Å². The summed E-state index contributed by atoms with van der Waals surface area (Å²) in [4.78, 5) is 23.6. The van der Waals surface area contributed by atoms with Crippen LogP contribution in [0.4, 0.5) is 0 Å². The Hall–Kier alpha value is -1.58. The van der Waals surface area contributed by atoms with E-state index in [1.165, 1.54) is 0 Å². The molecule has 21 heavy (non-hydrogen) atoms. The molecular formula is C17H28O4. The third-order valence-corrected chi connectivity index (χ3v) is 3.62. The van der Waals surface area contributed by atoms with Crippen LogP contribution in [0.1, 0.15) is 60.8 Å². The molecule has 0 aromatic rings. The largest absolute Gasteiger partial charge is 0.456 e. The zero-order valence-corrected chi connectivity index (χ0v) is 14.2. The minimum atomic E-state index is -0.712. The smallest absolute Gasteiger partial charge is 0.333 e. The van der Waals surface area contributed by atoms with Crippen molar-refractivity contribution in [1.82, 2.24) is 0 Å². The topological polar surface area (TPSA) is 52.6 Å². The summed E-state index contributed by atoms with van der Waals surface area (Å²) in [6.07, 6.45) is 1.66. The third-order valence-electron chi connectivity index (χ3n) is 3.62. The molecule has 0 heterocycles. The fourth-order valence-corrected chi connectivity index (χ4v) is 1.88. The summed E-state index contributed by atoms with van der Waals surface area (Å²) in [6, 6.07) is 0. The summed E-state index contributed by atoms with van der Waals surface area (Å²) in [5.41, 5.74) is -0.717. The van der Waals surface area contributed by atoms with Crippen LogP contribution in [0.15, 0.2) is 24.3 Å². The Morgan fingerprint density at radius 3 is 1.33 bits per heavy atom. The average molecular weight is 296 g/mol. The van der Waals surface area contributed by atoms with Crippen molar-refractivity contribution in [2.75, 3.05) is 0 Å². The Bertz CT molecular complexity index is 398. The number of carbonyl (C=O) groups is 2. The van der Waals surface area contributed by atoms with Crippen LogP contribution >= 0.6 is 0 Å². The highest BCUT2D eigenvalue weighted by Gasteiger charge is 2.39. The van der Waals surface area contributed by atoms with Gasteiger partial charge in [0.15, 0.2) is 0 Å². The lowest BCUT2D eigenvalue weighted by Crippen LogP contribution is -2.43. The van der Waals surface area contributed by atoms with E-state index in [1.54, 1.807) is 13.8 Å². The lowest BCUT2D eigenvalue weighted by molar-refractivity contribution is -0.169. The molecule has 0 bridgehead atoms. The molecule has 0 fully saturated rings. The second kappa shape index (κ2) is 7.43. The predicted octanol–water partition coefficient (Wildman–Crippen LogP) is 3.95. The molecule has 0 saturated heterocycles. The molecule has 0 spiro atoms. The van der Waals surface area contributed by atoms with Gasteiger partial charge in [0.05, 0.1) is 0 Å². The Labute approximate surface area is 128 Å². The molecule has 0 aliphatic heterocycles. The standard InChI is InChI=1S/C17H28O4/c1-9-16(7,20-14(18)12(3)4)11-17(8,10-2)21-15(19)13(5)6/h3,5,9-11H2,1-2,4,6-8H3. The van der Waals surface area contributed by atoms with Crippen LogP contribution in [-0.4, -0.2) is 23.1 Å². The number of carbonyl (C=O) groups excluding carboxylic acids is 2. The summed E-state index contributed by atoms with van der Waals surface area (Å²) in [5.74, 6) is -0.854. The second-order valence-electron chi connectivity index (χ2n) is 6.12. The number of hydrogen-bond donors (Lipinski definition) is 0. The number of ether oxygens (including phenoxy) is 2. The van der Waals surface area contributed by atoms with Gasteiger partial charge in [-0.25, -0.2) is 9.59 Å². The molecule has 120 valence electrons. The molecule has 0 N–H and O–H groups in total. The van der Waals surface area contributed by atoms with Gasteiger partial charge in [-0.15, -0.1) is 0 Å². The van der Waals surface area contributed by atoms with Gasteiger partial charge in [-0.1, -0.05) is 27.0 Å². The zero-order chi connectivity index (χ0) is 16.8. The summed E-state index contributed by atoms with van der Waals surface area (Å²) in [7, 11) is 0. The molecular weight excluding hydrogens is 268 g/mol. The first-order chi connectivity index (χ1) is 9.48. The average Bonchev–Trinajstić information content (AvgIpc) is 2.37. The number of hydrogen-bond acceptors (Lipinski definition) is 4. The van der Waals surface area contributed by atoms with Crippen molar-refractivity contribution in [3.63, 3.8) is 0 Å². The third kappa shape index (κ3) is 6.15. The van der Waals surface area contributed by atoms with Crippen LogP contribution in [0.2, 0.25) is 0 Å². The Morgan fingerprint density at radius 1 is 0.857 bits per heavy atom. The molecule has 2 unspecified atom stereocenters. The molecule has 2 atom stereocenters. The minimum Gasteiger partial charge on any atom is -0.456 e. The van der Waals surface area contributed by atoms with Gasteiger partial charge in [-0.05, 0) is 40.5 Å². The van der Waals surface area contributed by atoms with Crippen LogP contribution in [0.5, 0.6) is 0 Å².